The number of carbonyl (C=O) groups excluding carboxylic acids is 1. The summed E-state index contributed by atoms with van der Waals surface area (Å²) >= 11 is 0. The highest BCUT2D eigenvalue weighted by Gasteiger charge is 2.29. The number of ketones is 1. The first-order valence-electron chi connectivity index (χ1n) is 11.7. The molecule has 0 N–H and O–H groups in total. The molecule has 5 nitrogen and oxygen atoms in total. The standard InChI is InChI=1S/C29H28N2O3/c1-29(2,3)26-11-7-10-24(31-26)25-18-30-28(34-25)27(32)21-13-12-20-17-23(15-14-19(20)16-21)33-22-8-5-4-6-9-22/h4-11,14-15,17-18,21H,12-13,16H2,1-3H3. The average molecular weight is 453 g/mol. The number of hydrogen-bond donors (Lipinski definition) is 0. The number of aromatic nitrogens is 2. The number of fused-ring (bicyclic) bond motifs is 1. The van der Waals surface area contributed by atoms with E-state index in [0.717, 1.165) is 30.0 Å². The number of carbonyl (C=O) groups is 1. The number of para-hydroxylation sites is 1. The minimum atomic E-state index is -0.145. The number of oxazole rings is 1. The van der Waals surface area contributed by atoms with Crippen molar-refractivity contribution in [3.05, 3.63) is 95.6 Å². The predicted molar refractivity (Wildman–Crippen MR) is 131 cm³/mol. The first-order chi connectivity index (χ1) is 16.4. The SMILES string of the molecule is CC(C)(C)c1cccc(-c2cnc(C(=O)C3CCc4cc(Oc5ccccc5)ccc4C3)o2)n1. The summed E-state index contributed by atoms with van der Waals surface area (Å²) in [5.74, 6) is 2.12. The lowest BCUT2D eigenvalue weighted by Crippen LogP contribution is -2.23. The smallest absolute Gasteiger partial charge is 0.264 e. The van der Waals surface area contributed by atoms with Crippen LogP contribution in [-0.4, -0.2) is 15.8 Å². The summed E-state index contributed by atoms with van der Waals surface area (Å²) in [6.45, 7) is 6.35. The number of Topliss-reactive ketones (excluding diaryl/α,β-unsaturated/α-hetero) is 1. The molecule has 4 aromatic rings. The van der Waals surface area contributed by atoms with Crippen LogP contribution in [0.4, 0.5) is 0 Å². The van der Waals surface area contributed by atoms with E-state index in [2.05, 4.69) is 37.9 Å². The van der Waals surface area contributed by atoms with Gasteiger partial charge in [-0.3, -0.25) is 4.79 Å². The number of rotatable bonds is 5. The minimum absolute atomic E-state index is 0.0477. The van der Waals surface area contributed by atoms with E-state index in [1.165, 1.54) is 11.1 Å². The third-order valence-corrected chi connectivity index (χ3v) is 6.24. The lowest BCUT2D eigenvalue weighted by Gasteiger charge is -2.23. The van der Waals surface area contributed by atoms with Crippen LogP contribution in [0.3, 0.4) is 0 Å². The molecule has 0 radical (unpaired) electrons. The van der Waals surface area contributed by atoms with Gasteiger partial charge in [-0.15, -0.1) is 0 Å². The number of benzene rings is 2. The third-order valence-electron chi connectivity index (χ3n) is 6.24. The van der Waals surface area contributed by atoms with Crippen LogP contribution in [0.25, 0.3) is 11.5 Å². The molecule has 34 heavy (non-hydrogen) atoms. The van der Waals surface area contributed by atoms with Gasteiger partial charge < -0.3 is 9.15 Å². The maximum atomic E-state index is 13.2. The number of aryl methyl sites for hydroxylation is 1. The van der Waals surface area contributed by atoms with Crippen LogP contribution < -0.4 is 4.74 Å². The minimum Gasteiger partial charge on any atom is -0.457 e. The molecule has 1 aliphatic carbocycles. The molecule has 0 fully saturated rings. The Morgan fingerprint density at radius 1 is 0.971 bits per heavy atom. The molecule has 2 aromatic heterocycles. The van der Waals surface area contributed by atoms with Crippen molar-refractivity contribution >= 4 is 5.78 Å². The summed E-state index contributed by atoms with van der Waals surface area (Å²) in [6, 6.07) is 21.7. The van der Waals surface area contributed by atoms with Crippen LogP contribution in [0.15, 0.2) is 77.3 Å². The Balaban J connectivity index is 1.29. The maximum Gasteiger partial charge on any atom is 0.264 e. The Morgan fingerprint density at radius 2 is 1.79 bits per heavy atom. The van der Waals surface area contributed by atoms with Gasteiger partial charge in [0.15, 0.2) is 5.76 Å². The third kappa shape index (κ3) is 4.65. The maximum absolute atomic E-state index is 13.2. The molecule has 1 atom stereocenters. The molecule has 0 spiro atoms. The number of pyridine rings is 1. The van der Waals surface area contributed by atoms with Gasteiger partial charge >= 0.3 is 0 Å². The summed E-state index contributed by atoms with van der Waals surface area (Å²) < 4.78 is 11.8. The van der Waals surface area contributed by atoms with Crippen molar-refractivity contribution in [3.63, 3.8) is 0 Å². The fraction of sp³-hybridized carbons (Fsp3) is 0.276. The highest BCUT2D eigenvalue weighted by Crippen LogP contribution is 2.33. The van der Waals surface area contributed by atoms with Gasteiger partial charge in [0.2, 0.25) is 5.78 Å². The fourth-order valence-corrected chi connectivity index (χ4v) is 4.31. The Morgan fingerprint density at radius 3 is 2.59 bits per heavy atom. The first kappa shape index (κ1) is 22.1. The predicted octanol–water partition coefficient (Wildman–Crippen LogP) is 6.81. The van der Waals surface area contributed by atoms with E-state index in [4.69, 9.17) is 14.1 Å². The summed E-state index contributed by atoms with van der Waals surface area (Å²) in [5, 5.41) is 0. The van der Waals surface area contributed by atoms with Crippen molar-refractivity contribution in [1.29, 1.82) is 0 Å². The molecule has 1 aliphatic rings. The molecule has 2 heterocycles. The van der Waals surface area contributed by atoms with Gasteiger partial charge in [0.25, 0.3) is 5.89 Å². The van der Waals surface area contributed by atoms with Crippen LogP contribution in [0.5, 0.6) is 11.5 Å². The topological polar surface area (TPSA) is 65.2 Å². The zero-order valence-corrected chi connectivity index (χ0v) is 19.7. The molecular weight excluding hydrogens is 424 g/mol. The van der Waals surface area contributed by atoms with E-state index < -0.39 is 0 Å². The highest BCUT2D eigenvalue weighted by molar-refractivity contribution is 5.94. The van der Waals surface area contributed by atoms with E-state index in [9.17, 15) is 4.79 Å². The van der Waals surface area contributed by atoms with Crippen LogP contribution in [-0.2, 0) is 18.3 Å². The number of hydrogen-bond acceptors (Lipinski definition) is 5. The first-order valence-corrected chi connectivity index (χ1v) is 11.7. The monoisotopic (exact) mass is 452 g/mol. The van der Waals surface area contributed by atoms with Gasteiger partial charge in [0.1, 0.15) is 17.2 Å². The molecule has 0 saturated carbocycles. The summed E-state index contributed by atoms with van der Waals surface area (Å²) in [5.41, 5.74) is 3.99. The second kappa shape index (κ2) is 8.90. The van der Waals surface area contributed by atoms with Crippen molar-refractivity contribution in [1.82, 2.24) is 9.97 Å². The molecule has 5 rings (SSSR count). The number of ether oxygens (including phenoxy) is 1. The van der Waals surface area contributed by atoms with Crippen LogP contribution in [0.2, 0.25) is 0 Å². The Kier molecular flexibility index (Phi) is 5.78. The summed E-state index contributed by atoms with van der Waals surface area (Å²) in [6.07, 6.45) is 3.86. The quantitative estimate of drug-likeness (QED) is 0.311. The lowest BCUT2D eigenvalue weighted by molar-refractivity contribution is 0.0873. The van der Waals surface area contributed by atoms with Crippen molar-refractivity contribution in [2.24, 2.45) is 5.92 Å². The fourth-order valence-electron chi connectivity index (χ4n) is 4.31. The van der Waals surface area contributed by atoms with Crippen LogP contribution in [0, 0.1) is 5.92 Å². The normalized spacial score (nSPS) is 15.6. The molecule has 5 heteroatoms. The van der Waals surface area contributed by atoms with Gasteiger partial charge in [-0.05, 0) is 66.8 Å². The molecular formula is C29H28N2O3. The van der Waals surface area contributed by atoms with Crippen molar-refractivity contribution in [2.45, 2.75) is 45.4 Å². The lowest BCUT2D eigenvalue weighted by atomic mass is 9.81. The van der Waals surface area contributed by atoms with E-state index in [0.29, 0.717) is 17.9 Å². The summed E-state index contributed by atoms with van der Waals surface area (Å²) in [7, 11) is 0. The largest absolute Gasteiger partial charge is 0.457 e. The van der Waals surface area contributed by atoms with Gasteiger partial charge in [-0.2, -0.15) is 0 Å². The van der Waals surface area contributed by atoms with Crippen molar-refractivity contribution in [3.8, 4) is 23.0 Å². The van der Waals surface area contributed by atoms with E-state index >= 15 is 0 Å². The molecule has 0 bridgehead atoms. The van der Waals surface area contributed by atoms with Crippen molar-refractivity contribution in [2.75, 3.05) is 0 Å². The van der Waals surface area contributed by atoms with Gasteiger partial charge in [0.05, 0.1) is 6.20 Å². The molecule has 0 amide bonds. The van der Waals surface area contributed by atoms with E-state index in [1.54, 1.807) is 6.20 Å². The van der Waals surface area contributed by atoms with Gasteiger partial charge in [0, 0.05) is 17.0 Å². The molecule has 0 aliphatic heterocycles. The van der Waals surface area contributed by atoms with Crippen molar-refractivity contribution < 1.29 is 13.9 Å². The second-order valence-corrected chi connectivity index (χ2v) is 9.84. The molecule has 1 unspecified atom stereocenters. The molecule has 2 aromatic carbocycles. The van der Waals surface area contributed by atoms with Crippen LogP contribution in [0.1, 0.15) is 54.7 Å². The molecule has 0 saturated heterocycles. The van der Waals surface area contributed by atoms with E-state index in [1.807, 2.05) is 54.6 Å². The second-order valence-electron chi connectivity index (χ2n) is 9.84. The van der Waals surface area contributed by atoms with E-state index in [-0.39, 0.29) is 23.0 Å². The van der Waals surface area contributed by atoms with Crippen LogP contribution >= 0.6 is 0 Å². The highest BCUT2D eigenvalue weighted by atomic mass is 16.5. The molecule has 172 valence electrons. The number of nitrogens with zero attached hydrogens (tertiary/aromatic N) is 2. The zero-order chi connectivity index (χ0) is 23.7. The van der Waals surface area contributed by atoms with Gasteiger partial charge in [-0.1, -0.05) is 51.1 Å². The Bertz CT molecular complexity index is 1320. The Labute approximate surface area is 199 Å². The average Bonchev–Trinajstić information content (AvgIpc) is 3.34. The van der Waals surface area contributed by atoms with Gasteiger partial charge in [-0.25, -0.2) is 9.97 Å². The zero-order valence-electron chi connectivity index (χ0n) is 19.7. The summed E-state index contributed by atoms with van der Waals surface area (Å²) in [4.78, 5) is 22.2. The Hall–Kier alpha value is -3.73.